The fraction of sp³-hybridized carbons (Fsp3) is 0.375. The van der Waals surface area contributed by atoms with Crippen LogP contribution in [0.2, 0.25) is 0 Å². The van der Waals surface area contributed by atoms with Gasteiger partial charge >= 0.3 is 0 Å². The largest absolute Gasteiger partial charge is 0.332 e. The molecule has 1 aromatic heterocycles. The van der Waals surface area contributed by atoms with E-state index in [9.17, 15) is 4.79 Å². The highest BCUT2D eigenvalue weighted by molar-refractivity contribution is 9.10. The van der Waals surface area contributed by atoms with Gasteiger partial charge in [0.2, 0.25) is 0 Å². The summed E-state index contributed by atoms with van der Waals surface area (Å²) in [5.74, 6) is 0.116. The maximum atomic E-state index is 12.6. The molecule has 0 aliphatic carbocycles. The maximum absolute atomic E-state index is 12.6. The van der Waals surface area contributed by atoms with Crippen LogP contribution in [-0.2, 0) is 19.5 Å². The van der Waals surface area contributed by atoms with Crippen molar-refractivity contribution in [3.63, 3.8) is 0 Å². The number of halogens is 1. The molecule has 0 N–H and O–H groups in total. The predicted octanol–water partition coefficient (Wildman–Crippen LogP) is 3.17. The van der Waals surface area contributed by atoms with Gasteiger partial charge in [-0.05, 0) is 47.8 Å². The Morgan fingerprint density at radius 2 is 2.10 bits per heavy atom. The molecule has 110 valence electrons. The molecular weight excluding hydrogens is 330 g/mol. The van der Waals surface area contributed by atoms with Crippen LogP contribution in [0.4, 0.5) is 0 Å². The number of hydrogen-bond acceptors (Lipinski definition) is 2. The number of aryl methyl sites for hydroxylation is 2. The third-order valence-corrected chi connectivity index (χ3v) is 5.01. The smallest absolute Gasteiger partial charge is 0.254 e. The molecule has 0 saturated carbocycles. The van der Waals surface area contributed by atoms with E-state index in [1.54, 1.807) is 0 Å². The van der Waals surface area contributed by atoms with Gasteiger partial charge in [-0.2, -0.15) is 5.10 Å². The summed E-state index contributed by atoms with van der Waals surface area (Å²) in [4.78, 5) is 14.5. The van der Waals surface area contributed by atoms with Crippen molar-refractivity contribution in [3.8, 4) is 0 Å². The Hall–Kier alpha value is -1.62. The van der Waals surface area contributed by atoms with Gasteiger partial charge in [0.05, 0.1) is 22.4 Å². The monoisotopic (exact) mass is 347 g/mol. The molecule has 0 fully saturated rings. The van der Waals surface area contributed by atoms with Crippen molar-refractivity contribution in [2.75, 3.05) is 6.54 Å². The number of carbonyl (C=O) groups is 1. The van der Waals surface area contributed by atoms with Crippen LogP contribution in [0.15, 0.2) is 28.7 Å². The highest BCUT2D eigenvalue weighted by Crippen LogP contribution is 2.25. The molecule has 1 amide bonds. The second-order valence-corrected chi connectivity index (χ2v) is 6.09. The van der Waals surface area contributed by atoms with Crippen LogP contribution in [0.25, 0.3) is 0 Å². The second-order valence-electron chi connectivity index (χ2n) is 5.30. The lowest BCUT2D eigenvalue weighted by molar-refractivity contribution is 0.0722. The van der Waals surface area contributed by atoms with Crippen molar-refractivity contribution in [2.24, 2.45) is 0 Å². The lowest BCUT2D eigenvalue weighted by atomic mass is 9.99. The van der Waals surface area contributed by atoms with E-state index in [4.69, 9.17) is 0 Å². The Bertz CT molecular complexity index is 693. The summed E-state index contributed by atoms with van der Waals surface area (Å²) in [5.41, 5.74) is 4.02. The third-order valence-electron chi connectivity index (χ3n) is 3.98. The minimum atomic E-state index is 0.116. The van der Waals surface area contributed by atoms with E-state index in [2.05, 4.69) is 28.0 Å². The second kappa shape index (κ2) is 5.64. The standard InChI is InChI=1S/C16H18BrN3O/c1-3-20-14(15(17)11(2)18-20)10-19-9-8-12-6-4-5-7-13(12)16(19)21/h4-7H,3,8-10H2,1-2H3. The van der Waals surface area contributed by atoms with E-state index in [0.29, 0.717) is 6.54 Å². The van der Waals surface area contributed by atoms with Gasteiger partial charge in [0, 0.05) is 18.7 Å². The summed E-state index contributed by atoms with van der Waals surface area (Å²) in [6.45, 7) is 6.21. The quantitative estimate of drug-likeness (QED) is 0.855. The number of carbonyl (C=O) groups excluding carboxylic acids is 1. The zero-order valence-electron chi connectivity index (χ0n) is 12.3. The average Bonchev–Trinajstić information content (AvgIpc) is 2.78. The van der Waals surface area contributed by atoms with Gasteiger partial charge in [0.15, 0.2) is 0 Å². The molecule has 0 unspecified atom stereocenters. The molecule has 0 spiro atoms. The van der Waals surface area contributed by atoms with Crippen LogP contribution >= 0.6 is 15.9 Å². The summed E-state index contributed by atoms with van der Waals surface area (Å²) in [7, 11) is 0. The predicted molar refractivity (Wildman–Crippen MR) is 85.2 cm³/mol. The first-order valence-corrected chi connectivity index (χ1v) is 8.00. The SMILES string of the molecule is CCn1nc(C)c(Br)c1CN1CCc2ccccc2C1=O. The van der Waals surface area contributed by atoms with Crippen LogP contribution < -0.4 is 0 Å². The Labute approximate surface area is 132 Å². The number of amides is 1. The Kier molecular flexibility index (Phi) is 3.85. The molecule has 4 nitrogen and oxygen atoms in total. The first-order chi connectivity index (χ1) is 10.1. The average molecular weight is 348 g/mol. The topological polar surface area (TPSA) is 38.1 Å². The molecule has 0 saturated heterocycles. The molecule has 1 aliphatic heterocycles. The van der Waals surface area contributed by atoms with Crippen LogP contribution in [-0.4, -0.2) is 27.1 Å². The molecule has 3 rings (SSSR count). The minimum Gasteiger partial charge on any atom is -0.332 e. The summed E-state index contributed by atoms with van der Waals surface area (Å²) in [6, 6.07) is 7.88. The fourth-order valence-electron chi connectivity index (χ4n) is 2.83. The normalized spacial score (nSPS) is 14.4. The summed E-state index contributed by atoms with van der Waals surface area (Å²) in [6.07, 6.45) is 0.915. The van der Waals surface area contributed by atoms with Crippen molar-refractivity contribution in [3.05, 3.63) is 51.3 Å². The Morgan fingerprint density at radius 1 is 1.33 bits per heavy atom. The molecule has 2 aromatic rings. The third kappa shape index (κ3) is 2.50. The lowest BCUT2D eigenvalue weighted by Crippen LogP contribution is -2.37. The molecule has 0 bridgehead atoms. The highest BCUT2D eigenvalue weighted by Gasteiger charge is 2.26. The van der Waals surface area contributed by atoms with Crippen LogP contribution in [0, 0.1) is 6.92 Å². The van der Waals surface area contributed by atoms with Crippen molar-refractivity contribution < 1.29 is 4.79 Å². The maximum Gasteiger partial charge on any atom is 0.254 e. The molecule has 0 atom stereocenters. The van der Waals surface area contributed by atoms with Crippen LogP contribution in [0.1, 0.15) is 34.2 Å². The van der Waals surface area contributed by atoms with Crippen LogP contribution in [0.5, 0.6) is 0 Å². The fourth-order valence-corrected chi connectivity index (χ4v) is 3.24. The zero-order chi connectivity index (χ0) is 15.0. The summed E-state index contributed by atoms with van der Waals surface area (Å²) in [5, 5.41) is 4.50. The van der Waals surface area contributed by atoms with Gasteiger partial charge < -0.3 is 4.90 Å². The molecule has 0 radical (unpaired) electrons. The molecular formula is C16H18BrN3O. The summed E-state index contributed by atoms with van der Waals surface area (Å²) < 4.78 is 2.98. The van der Waals surface area contributed by atoms with E-state index in [0.717, 1.165) is 46.5 Å². The van der Waals surface area contributed by atoms with Gasteiger partial charge in [-0.3, -0.25) is 9.48 Å². The Balaban J connectivity index is 1.89. The minimum absolute atomic E-state index is 0.116. The van der Waals surface area contributed by atoms with E-state index in [-0.39, 0.29) is 5.91 Å². The van der Waals surface area contributed by atoms with E-state index in [1.165, 1.54) is 0 Å². The molecule has 1 aromatic carbocycles. The summed E-state index contributed by atoms with van der Waals surface area (Å²) >= 11 is 3.60. The van der Waals surface area contributed by atoms with E-state index >= 15 is 0 Å². The van der Waals surface area contributed by atoms with E-state index in [1.807, 2.05) is 40.8 Å². The molecule has 21 heavy (non-hydrogen) atoms. The van der Waals surface area contributed by atoms with Crippen molar-refractivity contribution in [1.29, 1.82) is 0 Å². The number of rotatable bonds is 3. The first-order valence-electron chi connectivity index (χ1n) is 7.20. The number of nitrogens with zero attached hydrogens (tertiary/aromatic N) is 3. The highest BCUT2D eigenvalue weighted by atomic mass is 79.9. The van der Waals surface area contributed by atoms with Gasteiger partial charge in [-0.15, -0.1) is 0 Å². The number of benzene rings is 1. The van der Waals surface area contributed by atoms with Gasteiger partial charge in [-0.1, -0.05) is 18.2 Å². The van der Waals surface area contributed by atoms with Crippen molar-refractivity contribution in [1.82, 2.24) is 14.7 Å². The lowest BCUT2D eigenvalue weighted by Gasteiger charge is -2.28. The van der Waals surface area contributed by atoms with Gasteiger partial charge in [0.1, 0.15) is 0 Å². The molecule has 1 aliphatic rings. The van der Waals surface area contributed by atoms with Crippen LogP contribution in [0.3, 0.4) is 0 Å². The number of fused-ring (bicyclic) bond motifs is 1. The van der Waals surface area contributed by atoms with Crippen molar-refractivity contribution in [2.45, 2.75) is 33.4 Å². The van der Waals surface area contributed by atoms with Crippen molar-refractivity contribution >= 4 is 21.8 Å². The van der Waals surface area contributed by atoms with E-state index < -0.39 is 0 Å². The molecule has 2 heterocycles. The Morgan fingerprint density at radius 3 is 2.86 bits per heavy atom. The molecule has 5 heteroatoms. The van der Waals surface area contributed by atoms with Gasteiger partial charge in [0.25, 0.3) is 5.91 Å². The first kappa shape index (κ1) is 14.3. The zero-order valence-corrected chi connectivity index (χ0v) is 13.9. The number of hydrogen-bond donors (Lipinski definition) is 0. The number of aromatic nitrogens is 2. The van der Waals surface area contributed by atoms with Gasteiger partial charge in [-0.25, -0.2) is 0 Å².